The first-order valence-electron chi connectivity index (χ1n) is 6.45. The molecule has 3 aromatic heterocycles. The summed E-state index contributed by atoms with van der Waals surface area (Å²) in [6.07, 6.45) is 2.89. The molecule has 0 unspecified atom stereocenters. The Morgan fingerprint density at radius 3 is 2.86 bits per heavy atom. The predicted molar refractivity (Wildman–Crippen MR) is 83.4 cm³/mol. The highest BCUT2D eigenvalue weighted by Gasteiger charge is 2.11. The fourth-order valence-corrected chi connectivity index (χ4v) is 3.60. The third-order valence-electron chi connectivity index (χ3n) is 3.46. The van der Waals surface area contributed by atoms with Crippen molar-refractivity contribution in [3.63, 3.8) is 0 Å². The average molecular weight is 298 g/mol. The number of fused-ring (bicyclic) bond motifs is 3. The second-order valence-electron chi connectivity index (χ2n) is 4.78. The number of rotatable bonds is 2. The molecule has 3 heterocycles. The lowest BCUT2D eigenvalue weighted by Crippen LogP contribution is -1.81. The van der Waals surface area contributed by atoms with Crippen LogP contribution in [0.15, 0.2) is 42.7 Å². The smallest absolute Gasteiger partial charge is 0.142 e. The molecular weight excluding hydrogens is 287 g/mol. The number of halogens is 1. The van der Waals surface area contributed by atoms with E-state index in [9.17, 15) is 4.39 Å². The van der Waals surface area contributed by atoms with Crippen molar-refractivity contribution in [3.05, 3.63) is 48.5 Å². The van der Waals surface area contributed by atoms with Crippen molar-refractivity contribution in [2.24, 2.45) is 0 Å². The lowest BCUT2D eigenvalue weighted by atomic mass is 10.2. The minimum Gasteiger partial charge on any atom is -0.497 e. The Morgan fingerprint density at radius 2 is 2.05 bits per heavy atom. The molecule has 21 heavy (non-hydrogen) atoms. The molecule has 0 aliphatic carbocycles. The number of H-pyrrole nitrogens is 1. The van der Waals surface area contributed by atoms with Gasteiger partial charge < -0.3 is 9.72 Å². The van der Waals surface area contributed by atoms with E-state index in [4.69, 9.17) is 4.74 Å². The van der Waals surface area contributed by atoms with Gasteiger partial charge in [0, 0.05) is 28.1 Å². The van der Waals surface area contributed by atoms with Crippen LogP contribution in [0.1, 0.15) is 0 Å². The van der Waals surface area contributed by atoms with Crippen LogP contribution < -0.4 is 4.74 Å². The molecule has 4 aromatic rings. The molecule has 1 N–H and O–H groups in total. The molecule has 1 aromatic carbocycles. The highest BCUT2D eigenvalue weighted by molar-refractivity contribution is 7.23. The summed E-state index contributed by atoms with van der Waals surface area (Å²) in [7, 11) is 1.65. The molecular formula is C16H11FN2OS. The third kappa shape index (κ3) is 1.97. The summed E-state index contributed by atoms with van der Waals surface area (Å²) >= 11 is 1.63. The molecule has 0 saturated heterocycles. The number of hydrogen-bond acceptors (Lipinski definition) is 3. The number of aromatic nitrogens is 2. The van der Waals surface area contributed by atoms with E-state index in [1.54, 1.807) is 24.6 Å². The summed E-state index contributed by atoms with van der Waals surface area (Å²) in [6.45, 7) is 0. The molecule has 4 rings (SSSR count). The van der Waals surface area contributed by atoms with E-state index in [1.807, 2.05) is 24.3 Å². The number of pyridine rings is 1. The number of hydrogen-bond donors (Lipinski definition) is 1. The molecule has 0 aliphatic heterocycles. The number of ether oxygens (including phenoxy) is 1. The summed E-state index contributed by atoms with van der Waals surface area (Å²) in [6, 6.07) is 9.49. The van der Waals surface area contributed by atoms with Gasteiger partial charge in [-0.15, -0.1) is 11.3 Å². The van der Waals surface area contributed by atoms with Gasteiger partial charge in [-0.05, 0) is 24.3 Å². The minimum atomic E-state index is -0.320. The van der Waals surface area contributed by atoms with Crippen molar-refractivity contribution in [3.8, 4) is 16.2 Å². The Bertz CT molecular complexity index is 957. The summed E-state index contributed by atoms with van der Waals surface area (Å²) < 4.78 is 19.7. The molecule has 3 nitrogen and oxygen atoms in total. The normalized spacial score (nSPS) is 11.3. The van der Waals surface area contributed by atoms with Gasteiger partial charge in [0.05, 0.1) is 29.0 Å². The molecule has 104 valence electrons. The summed E-state index contributed by atoms with van der Waals surface area (Å²) in [5, 5.41) is 1.14. The van der Waals surface area contributed by atoms with E-state index >= 15 is 0 Å². The SMILES string of the molecule is COc1ccc2c(c1)[nH]c1cc(-c3cncc(F)c3)sc12. The zero-order chi connectivity index (χ0) is 14.4. The van der Waals surface area contributed by atoms with Crippen molar-refractivity contribution >= 4 is 32.5 Å². The fourth-order valence-electron chi connectivity index (χ4n) is 2.47. The molecule has 0 saturated carbocycles. The molecule has 0 amide bonds. The van der Waals surface area contributed by atoms with E-state index in [-0.39, 0.29) is 5.82 Å². The van der Waals surface area contributed by atoms with Gasteiger partial charge in [-0.1, -0.05) is 0 Å². The first-order valence-corrected chi connectivity index (χ1v) is 7.26. The van der Waals surface area contributed by atoms with Gasteiger partial charge in [0.2, 0.25) is 0 Å². The summed E-state index contributed by atoms with van der Waals surface area (Å²) in [5.41, 5.74) is 2.88. The Kier molecular flexibility index (Phi) is 2.68. The van der Waals surface area contributed by atoms with Crippen LogP contribution in [0, 0.1) is 5.82 Å². The standard InChI is InChI=1S/C16H11FN2OS/c1-20-11-2-3-12-13(5-11)19-14-6-15(21-16(12)14)9-4-10(17)8-18-7-9/h2-8,19H,1H3. The van der Waals surface area contributed by atoms with Gasteiger partial charge in [-0.25, -0.2) is 4.39 Å². The first kappa shape index (κ1) is 12.3. The summed E-state index contributed by atoms with van der Waals surface area (Å²) in [5.74, 6) is 0.505. The van der Waals surface area contributed by atoms with Crippen LogP contribution >= 0.6 is 11.3 Å². The highest BCUT2D eigenvalue weighted by Crippen LogP contribution is 2.38. The van der Waals surface area contributed by atoms with Gasteiger partial charge in [-0.2, -0.15) is 0 Å². The maximum atomic E-state index is 13.3. The van der Waals surface area contributed by atoms with Crippen molar-refractivity contribution in [1.29, 1.82) is 0 Å². The number of nitrogens with one attached hydrogen (secondary N) is 1. The van der Waals surface area contributed by atoms with Crippen molar-refractivity contribution in [1.82, 2.24) is 9.97 Å². The Morgan fingerprint density at radius 1 is 1.14 bits per heavy atom. The lowest BCUT2D eigenvalue weighted by Gasteiger charge is -1.99. The van der Waals surface area contributed by atoms with Crippen LogP contribution in [0.2, 0.25) is 0 Å². The predicted octanol–water partition coefficient (Wildman–Crippen LogP) is 4.59. The topological polar surface area (TPSA) is 37.9 Å². The van der Waals surface area contributed by atoms with Crippen LogP contribution in [-0.4, -0.2) is 17.1 Å². The largest absolute Gasteiger partial charge is 0.497 e. The average Bonchev–Trinajstić information content (AvgIpc) is 3.04. The molecule has 0 bridgehead atoms. The number of aromatic amines is 1. The van der Waals surface area contributed by atoms with Gasteiger partial charge in [0.25, 0.3) is 0 Å². The van der Waals surface area contributed by atoms with Gasteiger partial charge in [0.1, 0.15) is 11.6 Å². The molecule has 0 fully saturated rings. The molecule has 0 spiro atoms. The number of nitrogens with zero attached hydrogens (tertiary/aromatic N) is 1. The van der Waals surface area contributed by atoms with Crippen molar-refractivity contribution in [2.45, 2.75) is 0 Å². The zero-order valence-electron chi connectivity index (χ0n) is 11.2. The molecule has 0 aliphatic rings. The number of thiophene rings is 1. The van der Waals surface area contributed by atoms with Gasteiger partial charge in [0.15, 0.2) is 0 Å². The minimum absolute atomic E-state index is 0.320. The second-order valence-corrected chi connectivity index (χ2v) is 5.83. The molecule has 0 radical (unpaired) electrons. The Labute approximate surface area is 124 Å². The van der Waals surface area contributed by atoms with Crippen LogP contribution in [0.25, 0.3) is 31.6 Å². The van der Waals surface area contributed by atoms with Gasteiger partial charge >= 0.3 is 0 Å². The fraction of sp³-hybridized carbons (Fsp3) is 0.0625. The maximum Gasteiger partial charge on any atom is 0.142 e. The van der Waals surface area contributed by atoms with E-state index in [0.29, 0.717) is 0 Å². The quantitative estimate of drug-likeness (QED) is 0.587. The highest BCUT2D eigenvalue weighted by atomic mass is 32.1. The van der Waals surface area contributed by atoms with Crippen molar-refractivity contribution in [2.75, 3.05) is 7.11 Å². The maximum absolute atomic E-state index is 13.3. The third-order valence-corrected chi connectivity index (χ3v) is 4.68. The van der Waals surface area contributed by atoms with E-state index in [2.05, 4.69) is 9.97 Å². The summed E-state index contributed by atoms with van der Waals surface area (Å²) in [4.78, 5) is 8.28. The monoisotopic (exact) mass is 298 g/mol. The van der Waals surface area contributed by atoms with Crippen LogP contribution in [0.5, 0.6) is 5.75 Å². The number of benzene rings is 1. The Hall–Kier alpha value is -2.40. The first-order chi connectivity index (χ1) is 10.2. The van der Waals surface area contributed by atoms with E-state index in [0.717, 1.165) is 37.3 Å². The number of methoxy groups -OCH3 is 1. The molecule has 0 atom stereocenters. The van der Waals surface area contributed by atoms with E-state index in [1.165, 1.54) is 12.3 Å². The Balaban J connectivity index is 1.91. The lowest BCUT2D eigenvalue weighted by molar-refractivity contribution is 0.415. The van der Waals surface area contributed by atoms with Crippen LogP contribution in [0.3, 0.4) is 0 Å². The zero-order valence-corrected chi connectivity index (χ0v) is 12.0. The molecule has 5 heteroatoms. The van der Waals surface area contributed by atoms with Crippen LogP contribution in [0.4, 0.5) is 4.39 Å². The van der Waals surface area contributed by atoms with Crippen molar-refractivity contribution < 1.29 is 9.13 Å². The second kappa shape index (κ2) is 4.56. The van der Waals surface area contributed by atoms with E-state index < -0.39 is 0 Å². The van der Waals surface area contributed by atoms with Gasteiger partial charge in [-0.3, -0.25) is 4.98 Å². The van der Waals surface area contributed by atoms with Crippen LogP contribution in [-0.2, 0) is 0 Å².